The van der Waals surface area contributed by atoms with Gasteiger partial charge in [0.2, 0.25) is 5.89 Å². The van der Waals surface area contributed by atoms with Crippen molar-refractivity contribution in [1.82, 2.24) is 9.88 Å². The minimum absolute atomic E-state index is 0.187. The van der Waals surface area contributed by atoms with E-state index in [2.05, 4.69) is 10.3 Å². The number of rotatable bonds is 2. The summed E-state index contributed by atoms with van der Waals surface area (Å²) in [6.07, 6.45) is 2.74. The van der Waals surface area contributed by atoms with Gasteiger partial charge in [0.05, 0.1) is 11.8 Å². The van der Waals surface area contributed by atoms with Crippen LogP contribution in [0, 0.1) is 13.8 Å². The number of aliphatic hydroxyl groups excluding tert-OH is 1. The number of hydrogen-bond acceptors (Lipinski definition) is 4. The van der Waals surface area contributed by atoms with E-state index >= 15 is 0 Å². The van der Waals surface area contributed by atoms with Gasteiger partial charge in [-0.3, -0.25) is 0 Å². The number of nitrogens with one attached hydrogen (secondary N) is 1. The molecule has 2 heterocycles. The van der Waals surface area contributed by atoms with Crippen molar-refractivity contribution in [3.05, 3.63) is 35.7 Å². The number of piperidine rings is 1. The normalized spacial score (nSPS) is 18.0. The summed E-state index contributed by atoms with van der Waals surface area (Å²) in [6.45, 7) is 4.85. The van der Waals surface area contributed by atoms with Crippen molar-refractivity contribution < 1.29 is 14.3 Å². The van der Waals surface area contributed by atoms with Gasteiger partial charge in [-0.2, -0.15) is 0 Å². The van der Waals surface area contributed by atoms with E-state index in [0.29, 0.717) is 19.0 Å². The molecule has 1 atom stereocenters. The van der Waals surface area contributed by atoms with Gasteiger partial charge in [-0.25, -0.2) is 9.78 Å². The predicted molar refractivity (Wildman–Crippen MR) is 87.2 cm³/mol. The van der Waals surface area contributed by atoms with Crippen LogP contribution in [0.2, 0.25) is 0 Å². The van der Waals surface area contributed by atoms with Crippen molar-refractivity contribution in [3.8, 4) is 11.5 Å². The molecule has 6 heteroatoms. The molecule has 2 amide bonds. The molecule has 0 spiro atoms. The van der Waals surface area contributed by atoms with Gasteiger partial charge < -0.3 is 19.7 Å². The number of aromatic nitrogens is 1. The molecule has 2 N–H and O–H groups in total. The number of aliphatic hydroxyl groups is 1. The van der Waals surface area contributed by atoms with Gasteiger partial charge in [-0.15, -0.1) is 0 Å². The average Bonchev–Trinajstić information content (AvgIpc) is 2.96. The number of carbonyl (C=O) groups is 1. The predicted octanol–water partition coefficient (Wildman–Crippen LogP) is 2.95. The van der Waals surface area contributed by atoms with Crippen LogP contribution in [0.25, 0.3) is 11.5 Å². The van der Waals surface area contributed by atoms with Gasteiger partial charge in [0.15, 0.2) is 0 Å². The second kappa shape index (κ2) is 6.42. The summed E-state index contributed by atoms with van der Waals surface area (Å²) in [5.74, 6) is 0.534. The second-order valence-electron chi connectivity index (χ2n) is 6.00. The molecule has 23 heavy (non-hydrogen) atoms. The third-order valence-electron chi connectivity index (χ3n) is 4.03. The standard InChI is InChI=1S/C17H21N3O3/c1-11-5-6-13(16-18-12(2)10-23-16)8-15(11)19-17(22)20-7-3-4-14(21)9-20/h5-6,8,10,14,21H,3-4,7,9H2,1-2H3,(H,19,22). The number of likely N-dealkylation sites (tertiary alicyclic amines) is 1. The first kappa shape index (κ1) is 15.6. The Balaban J connectivity index is 1.78. The highest BCUT2D eigenvalue weighted by Crippen LogP contribution is 2.25. The lowest BCUT2D eigenvalue weighted by atomic mass is 10.1. The van der Waals surface area contributed by atoms with Crippen molar-refractivity contribution in [2.75, 3.05) is 18.4 Å². The van der Waals surface area contributed by atoms with E-state index in [1.165, 1.54) is 0 Å². The van der Waals surface area contributed by atoms with E-state index in [1.807, 2.05) is 32.0 Å². The van der Waals surface area contributed by atoms with Crippen molar-refractivity contribution in [1.29, 1.82) is 0 Å². The summed E-state index contributed by atoms with van der Waals surface area (Å²) in [4.78, 5) is 18.3. The van der Waals surface area contributed by atoms with Crippen molar-refractivity contribution in [3.63, 3.8) is 0 Å². The molecule has 122 valence electrons. The number of hydrogen-bond donors (Lipinski definition) is 2. The molecule has 6 nitrogen and oxygen atoms in total. The number of aryl methyl sites for hydroxylation is 2. The third kappa shape index (κ3) is 3.53. The highest BCUT2D eigenvalue weighted by Gasteiger charge is 2.22. The molecule has 1 saturated heterocycles. The number of urea groups is 1. The Labute approximate surface area is 135 Å². The fourth-order valence-electron chi connectivity index (χ4n) is 2.71. The molecule has 1 aromatic carbocycles. The van der Waals surface area contributed by atoms with Gasteiger partial charge in [-0.1, -0.05) is 6.07 Å². The Bertz CT molecular complexity index is 711. The summed E-state index contributed by atoms with van der Waals surface area (Å²) in [7, 11) is 0. The summed E-state index contributed by atoms with van der Waals surface area (Å²) in [6, 6.07) is 5.52. The topological polar surface area (TPSA) is 78.6 Å². The van der Waals surface area contributed by atoms with E-state index in [0.717, 1.165) is 35.3 Å². The quantitative estimate of drug-likeness (QED) is 0.893. The first-order valence-corrected chi connectivity index (χ1v) is 7.80. The minimum atomic E-state index is -0.433. The van der Waals surface area contributed by atoms with E-state index in [-0.39, 0.29) is 6.03 Å². The number of β-amino-alcohol motifs (C(OH)–C–C–N with tert-alkyl or cyclic N) is 1. The molecular formula is C17H21N3O3. The number of amides is 2. The maximum Gasteiger partial charge on any atom is 0.321 e. The van der Waals surface area contributed by atoms with E-state index in [1.54, 1.807) is 11.2 Å². The fourth-order valence-corrected chi connectivity index (χ4v) is 2.71. The van der Waals surface area contributed by atoms with E-state index in [4.69, 9.17) is 4.42 Å². The van der Waals surface area contributed by atoms with Crippen LogP contribution in [0.1, 0.15) is 24.1 Å². The summed E-state index contributed by atoms with van der Waals surface area (Å²) >= 11 is 0. The van der Waals surface area contributed by atoms with Crippen molar-refractivity contribution in [2.24, 2.45) is 0 Å². The fraction of sp³-hybridized carbons (Fsp3) is 0.412. The van der Waals surface area contributed by atoms with Crippen LogP contribution in [-0.2, 0) is 0 Å². The van der Waals surface area contributed by atoms with Gasteiger partial charge in [0.1, 0.15) is 6.26 Å². The molecule has 1 unspecified atom stereocenters. The van der Waals surface area contributed by atoms with Crippen LogP contribution in [0.4, 0.5) is 10.5 Å². The molecule has 1 aliphatic rings. The monoisotopic (exact) mass is 315 g/mol. The zero-order valence-electron chi connectivity index (χ0n) is 13.4. The lowest BCUT2D eigenvalue weighted by Crippen LogP contribution is -2.44. The van der Waals surface area contributed by atoms with Crippen molar-refractivity contribution in [2.45, 2.75) is 32.8 Å². The van der Waals surface area contributed by atoms with E-state index < -0.39 is 6.10 Å². The van der Waals surface area contributed by atoms with Crippen molar-refractivity contribution >= 4 is 11.7 Å². The van der Waals surface area contributed by atoms with Crippen LogP contribution in [-0.4, -0.2) is 40.2 Å². The maximum atomic E-state index is 12.4. The first-order valence-electron chi connectivity index (χ1n) is 7.80. The smallest absolute Gasteiger partial charge is 0.321 e. The van der Waals surface area contributed by atoms with Crippen LogP contribution in [0.3, 0.4) is 0 Å². The highest BCUT2D eigenvalue weighted by atomic mass is 16.3. The number of carbonyl (C=O) groups excluding carboxylic acids is 1. The minimum Gasteiger partial charge on any atom is -0.444 e. The number of benzene rings is 1. The summed E-state index contributed by atoms with van der Waals surface area (Å²) < 4.78 is 5.41. The second-order valence-corrected chi connectivity index (χ2v) is 6.00. The maximum absolute atomic E-state index is 12.4. The number of nitrogens with zero attached hydrogens (tertiary/aromatic N) is 2. The Morgan fingerprint density at radius 2 is 2.26 bits per heavy atom. The van der Waals surface area contributed by atoms with Gasteiger partial charge in [-0.05, 0) is 44.4 Å². The Morgan fingerprint density at radius 3 is 2.96 bits per heavy atom. The molecule has 1 aromatic heterocycles. The molecule has 0 bridgehead atoms. The molecular weight excluding hydrogens is 294 g/mol. The molecule has 0 radical (unpaired) electrons. The highest BCUT2D eigenvalue weighted by molar-refractivity contribution is 5.91. The van der Waals surface area contributed by atoms with Crippen LogP contribution >= 0.6 is 0 Å². The molecule has 2 aromatic rings. The SMILES string of the molecule is Cc1coc(-c2ccc(C)c(NC(=O)N3CCCC(O)C3)c2)n1. The number of anilines is 1. The molecule has 1 aliphatic heterocycles. The number of oxazole rings is 1. The Kier molecular flexibility index (Phi) is 4.34. The largest absolute Gasteiger partial charge is 0.444 e. The molecule has 3 rings (SSSR count). The Hall–Kier alpha value is -2.34. The van der Waals surface area contributed by atoms with E-state index in [9.17, 15) is 9.90 Å². The summed E-state index contributed by atoms with van der Waals surface area (Å²) in [5.41, 5.74) is 3.32. The van der Waals surface area contributed by atoms with Crippen LogP contribution < -0.4 is 5.32 Å². The molecule has 1 fully saturated rings. The van der Waals surface area contributed by atoms with Gasteiger partial charge >= 0.3 is 6.03 Å². The zero-order valence-corrected chi connectivity index (χ0v) is 13.4. The lowest BCUT2D eigenvalue weighted by Gasteiger charge is -2.30. The lowest BCUT2D eigenvalue weighted by molar-refractivity contribution is 0.0883. The zero-order chi connectivity index (χ0) is 16.4. The average molecular weight is 315 g/mol. The molecule has 0 saturated carbocycles. The van der Waals surface area contributed by atoms with Crippen LogP contribution in [0.5, 0.6) is 0 Å². The van der Waals surface area contributed by atoms with Gasteiger partial charge in [0, 0.05) is 24.3 Å². The first-order chi connectivity index (χ1) is 11.0. The van der Waals surface area contributed by atoms with Crippen LogP contribution in [0.15, 0.2) is 28.9 Å². The third-order valence-corrected chi connectivity index (χ3v) is 4.03. The van der Waals surface area contributed by atoms with Gasteiger partial charge in [0.25, 0.3) is 0 Å². The Morgan fingerprint density at radius 1 is 1.43 bits per heavy atom. The molecule has 0 aliphatic carbocycles. The summed E-state index contributed by atoms with van der Waals surface area (Å²) in [5, 5.41) is 12.6.